The maximum Gasteiger partial charge on any atom is 0.118 e. The fourth-order valence-corrected chi connectivity index (χ4v) is 2.25. The summed E-state index contributed by atoms with van der Waals surface area (Å²) >= 11 is 0. The summed E-state index contributed by atoms with van der Waals surface area (Å²) in [5.74, 6) is 0.251. The molecule has 0 amide bonds. The van der Waals surface area contributed by atoms with E-state index in [1.165, 1.54) is 0 Å². The average molecular weight is 261 g/mol. The number of rotatable bonds is 7. The van der Waals surface area contributed by atoms with Crippen LogP contribution in [0.1, 0.15) is 51.0 Å². The molecular weight excluding hydrogens is 238 g/mol. The second-order valence-electron chi connectivity index (χ2n) is 5.15. The first-order chi connectivity index (χ1) is 9.05. The smallest absolute Gasteiger partial charge is 0.118 e. The Morgan fingerprint density at radius 3 is 2.42 bits per heavy atom. The van der Waals surface area contributed by atoms with Gasteiger partial charge in [-0.1, -0.05) is 38.3 Å². The lowest BCUT2D eigenvalue weighted by Crippen LogP contribution is -2.32. The molecule has 1 N–H and O–H groups in total. The van der Waals surface area contributed by atoms with E-state index in [0.717, 1.165) is 30.6 Å². The van der Waals surface area contributed by atoms with Crippen LogP contribution in [0, 0.1) is 11.3 Å². The van der Waals surface area contributed by atoms with Crippen molar-refractivity contribution in [2.75, 3.05) is 7.11 Å². The molecule has 0 aliphatic carbocycles. The van der Waals surface area contributed by atoms with Crippen molar-refractivity contribution in [3.8, 4) is 11.8 Å². The van der Waals surface area contributed by atoms with E-state index in [4.69, 9.17) is 4.74 Å². The van der Waals surface area contributed by atoms with Gasteiger partial charge in [0.05, 0.1) is 24.7 Å². The average Bonchev–Trinajstić information content (AvgIpc) is 2.40. The van der Waals surface area contributed by atoms with E-state index >= 15 is 0 Å². The largest absolute Gasteiger partial charge is 0.497 e. The molecule has 1 aromatic rings. The maximum atomic E-state index is 10.5. The van der Waals surface area contributed by atoms with Crippen molar-refractivity contribution >= 4 is 0 Å². The molecular formula is C16H23NO2. The molecule has 2 atom stereocenters. The lowest BCUT2D eigenvalue weighted by Gasteiger charge is -2.28. The van der Waals surface area contributed by atoms with Gasteiger partial charge in [-0.05, 0) is 31.0 Å². The molecule has 0 saturated heterocycles. The minimum absolute atomic E-state index is 0.504. The van der Waals surface area contributed by atoms with E-state index in [9.17, 15) is 10.4 Å². The molecule has 0 saturated carbocycles. The van der Waals surface area contributed by atoms with Gasteiger partial charge in [0.15, 0.2) is 0 Å². The Morgan fingerprint density at radius 1 is 1.32 bits per heavy atom. The zero-order valence-corrected chi connectivity index (χ0v) is 12.0. The monoisotopic (exact) mass is 261 g/mol. The fourth-order valence-electron chi connectivity index (χ4n) is 2.25. The Morgan fingerprint density at radius 2 is 1.95 bits per heavy atom. The molecule has 0 aliphatic heterocycles. The first-order valence-corrected chi connectivity index (χ1v) is 6.81. The van der Waals surface area contributed by atoms with E-state index in [2.05, 4.69) is 13.0 Å². The van der Waals surface area contributed by atoms with Crippen LogP contribution in [0.4, 0.5) is 0 Å². The first-order valence-electron chi connectivity index (χ1n) is 6.81. The molecule has 0 heterocycles. The van der Waals surface area contributed by atoms with Crippen molar-refractivity contribution in [1.29, 1.82) is 5.26 Å². The molecule has 0 bridgehead atoms. The highest BCUT2D eigenvalue weighted by atomic mass is 16.5. The fraction of sp³-hybridized carbons (Fsp3) is 0.562. The molecule has 1 rings (SSSR count). The molecule has 0 aliphatic rings. The standard InChI is InChI=1S/C16H23NO2/c1-4-5-6-11-16(2,18)15(12-17)13-7-9-14(19-3)10-8-13/h7-10,15,18H,4-6,11H2,1-3H3. The number of nitrogens with zero attached hydrogens (tertiary/aromatic N) is 1. The second-order valence-corrected chi connectivity index (χ2v) is 5.15. The second kappa shape index (κ2) is 7.16. The summed E-state index contributed by atoms with van der Waals surface area (Å²) in [6.07, 6.45) is 3.77. The Kier molecular flexibility index (Phi) is 5.85. The van der Waals surface area contributed by atoms with Crippen molar-refractivity contribution in [3.63, 3.8) is 0 Å². The van der Waals surface area contributed by atoms with Gasteiger partial charge in [0, 0.05) is 0 Å². The van der Waals surface area contributed by atoms with Crippen LogP contribution < -0.4 is 4.74 Å². The van der Waals surface area contributed by atoms with Gasteiger partial charge in [-0.3, -0.25) is 0 Å². The summed E-state index contributed by atoms with van der Waals surface area (Å²) in [6, 6.07) is 9.57. The van der Waals surface area contributed by atoms with Crippen LogP contribution in [0.2, 0.25) is 0 Å². The zero-order valence-electron chi connectivity index (χ0n) is 12.0. The third-order valence-electron chi connectivity index (χ3n) is 3.49. The molecule has 3 nitrogen and oxygen atoms in total. The Labute approximate surface area is 115 Å². The molecule has 2 unspecified atom stereocenters. The van der Waals surface area contributed by atoms with E-state index in [1.54, 1.807) is 14.0 Å². The van der Waals surface area contributed by atoms with Gasteiger partial charge in [0.25, 0.3) is 0 Å². The lowest BCUT2D eigenvalue weighted by atomic mass is 9.81. The normalized spacial score (nSPS) is 15.3. The van der Waals surface area contributed by atoms with Gasteiger partial charge in [-0.25, -0.2) is 0 Å². The molecule has 19 heavy (non-hydrogen) atoms. The minimum atomic E-state index is -0.988. The minimum Gasteiger partial charge on any atom is -0.497 e. The number of methoxy groups -OCH3 is 1. The topological polar surface area (TPSA) is 53.2 Å². The third-order valence-corrected chi connectivity index (χ3v) is 3.49. The van der Waals surface area contributed by atoms with E-state index in [-0.39, 0.29) is 0 Å². The van der Waals surface area contributed by atoms with Gasteiger partial charge in [0.1, 0.15) is 5.75 Å². The number of hydrogen-bond donors (Lipinski definition) is 1. The van der Waals surface area contributed by atoms with Gasteiger partial charge >= 0.3 is 0 Å². The van der Waals surface area contributed by atoms with Crippen molar-refractivity contribution in [1.82, 2.24) is 0 Å². The van der Waals surface area contributed by atoms with Crippen molar-refractivity contribution in [3.05, 3.63) is 29.8 Å². The van der Waals surface area contributed by atoms with Crippen LogP contribution in [-0.4, -0.2) is 17.8 Å². The number of unbranched alkanes of at least 4 members (excludes halogenated alkanes) is 2. The van der Waals surface area contributed by atoms with E-state index < -0.39 is 11.5 Å². The maximum absolute atomic E-state index is 10.5. The number of hydrogen-bond acceptors (Lipinski definition) is 3. The molecule has 104 valence electrons. The molecule has 0 fully saturated rings. The summed E-state index contributed by atoms with van der Waals surface area (Å²) < 4.78 is 5.10. The van der Waals surface area contributed by atoms with Gasteiger partial charge in [0.2, 0.25) is 0 Å². The van der Waals surface area contributed by atoms with Crippen molar-refractivity contribution in [2.45, 2.75) is 51.0 Å². The third kappa shape index (κ3) is 4.25. The Balaban J connectivity index is 2.83. The summed E-state index contributed by atoms with van der Waals surface area (Å²) in [6.45, 7) is 3.88. The Bertz CT molecular complexity index is 417. The summed E-state index contributed by atoms with van der Waals surface area (Å²) in [5, 5.41) is 19.9. The van der Waals surface area contributed by atoms with Gasteiger partial charge in [-0.2, -0.15) is 5.26 Å². The first kappa shape index (κ1) is 15.5. The number of benzene rings is 1. The van der Waals surface area contributed by atoms with Gasteiger partial charge in [-0.15, -0.1) is 0 Å². The summed E-state index contributed by atoms with van der Waals surface area (Å²) in [4.78, 5) is 0. The number of ether oxygens (including phenoxy) is 1. The molecule has 0 spiro atoms. The van der Waals surface area contributed by atoms with Crippen LogP contribution in [-0.2, 0) is 0 Å². The molecule has 1 aromatic carbocycles. The molecule has 0 aromatic heterocycles. The highest BCUT2D eigenvalue weighted by molar-refractivity contribution is 5.34. The number of aliphatic hydroxyl groups is 1. The summed E-state index contributed by atoms with van der Waals surface area (Å²) in [5.41, 5.74) is -0.150. The van der Waals surface area contributed by atoms with Crippen LogP contribution >= 0.6 is 0 Å². The highest BCUT2D eigenvalue weighted by Crippen LogP contribution is 2.32. The molecule has 3 heteroatoms. The van der Waals surface area contributed by atoms with E-state index in [0.29, 0.717) is 6.42 Å². The predicted octanol–water partition coefficient (Wildman–Crippen LogP) is 3.63. The SMILES string of the molecule is CCCCCC(C)(O)C(C#N)c1ccc(OC)cc1. The van der Waals surface area contributed by atoms with Crippen LogP contribution in [0.3, 0.4) is 0 Å². The van der Waals surface area contributed by atoms with Crippen molar-refractivity contribution < 1.29 is 9.84 Å². The quantitative estimate of drug-likeness (QED) is 0.762. The predicted molar refractivity (Wildman–Crippen MR) is 76.1 cm³/mol. The van der Waals surface area contributed by atoms with Gasteiger partial charge < -0.3 is 9.84 Å². The summed E-state index contributed by atoms with van der Waals surface area (Å²) in [7, 11) is 1.61. The molecule has 0 radical (unpaired) electrons. The van der Waals surface area contributed by atoms with Crippen LogP contribution in [0.15, 0.2) is 24.3 Å². The zero-order chi connectivity index (χ0) is 14.3. The Hall–Kier alpha value is -1.53. The van der Waals surface area contributed by atoms with Crippen molar-refractivity contribution in [2.24, 2.45) is 0 Å². The van der Waals surface area contributed by atoms with Crippen LogP contribution in [0.5, 0.6) is 5.75 Å². The van der Waals surface area contributed by atoms with Crippen LogP contribution in [0.25, 0.3) is 0 Å². The number of nitriles is 1. The highest BCUT2D eigenvalue weighted by Gasteiger charge is 2.32. The van der Waals surface area contributed by atoms with E-state index in [1.807, 2.05) is 24.3 Å². The lowest BCUT2D eigenvalue weighted by molar-refractivity contribution is 0.0358.